The Kier molecular flexibility index (Phi) is 6.10. The number of amides is 1. The van der Waals surface area contributed by atoms with Crippen LogP contribution in [-0.2, 0) is 4.79 Å². The molecule has 0 aliphatic carbocycles. The van der Waals surface area contributed by atoms with Crippen LogP contribution in [0.25, 0.3) is 0 Å². The van der Waals surface area contributed by atoms with Crippen LogP contribution in [-0.4, -0.2) is 17.4 Å². The molecule has 2 aromatic rings. The van der Waals surface area contributed by atoms with Crippen molar-refractivity contribution in [2.45, 2.75) is 6.04 Å². The van der Waals surface area contributed by atoms with Gasteiger partial charge in [-0.15, -0.1) is 18.3 Å². The zero-order valence-electron chi connectivity index (χ0n) is 11.9. The first-order chi connectivity index (χ1) is 10.3. The molecule has 21 heavy (non-hydrogen) atoms. The lowest BCUT2D eigenvalue weighted by molar-refractivity contribution is -0.119. The number of rotatable bonds is 7. The van der Waals surface area contributed by atoms with Gasteiger partial charge in [0.1, 0.15) is 0 Å². The third kappa shape index (κ3) is 4.80. The summed E-state index contributed by atoms with van der Waals surface area (Å²) in [5.41, 5.74) is 2.18. The fourth-order valence-electron chi connectivity index (χ4n) is 2.09. The van der Waals surface area contributed by atoms with Gasteiger partial charge in [0.15, 0.2) is 0 Å². The first kappa shape index (κ1) is 15.4. The van der Waals surface area contributed by atoms with Crippen LogP contribution < -0.4 is 5.32 Å². The minimum Gasteiger partial charge on any atom is -0.344 e. The Balaban J connectivity index is 2.14. The van der Waals surface area contributed by atoms with E-state index in [9.17, 15) is 4.79 Å². The van der Waals surface area contributed by atoms with E-state index in [0.717, 1.165) is 16.9 Å². The van der Waals surface area contributed by atoms with E-state index in [1.54, 1.807) is 11.8 Å². The summed E-state index contributed by atoms with van der Waals surface area (Å²) >= 11 is 1.56. The van der Waals surface area contributed by atoms with Gasteiger partial charge in [-0.25, -0.2) is 0 Å². The van der Waals surface area contributed by atoms with Gasteiger partial charge in [0.2, 0.25) is 5.91 Å². The highest BCUT2D eigenvalue weighted by Crippen LogP contribution is 2.21. The number of carbonyl (C=O) groups excluding carboxylic acids is 1. The molecule has 2 rings (SSSR count). The summed E-state index contributed by atoms with van der Waals surface area (Å²) in [6.07, 6.45) is 1.81. The van der Waals surface area contributed by atoms with Crippen molar-refractivity contribution in [3.8, 4) is 0 Å². The predicted molar refractivity (Wildman–Crippen MR) is 90.4 cm³/mol. The molecule has 0 aliphatic rings. The minimum absolute atomic E-state index is 0.0413. The first-order valence-electron chi connectivity index (χ1n) is 6.89. The van der Waals surface area contributed by atoms with Crippen LogP contribution in [0.5, 0.6) is 0 Å². The second-order valence-corrected chi connectivity index (χ2v) is 5.66. The van der Waals surface area contributed by atoms with Crippen LogP contribution in [0.15, 0.2) is 73.3 Å². The molecule has 0 unspecified atom stereocenters. The van der Waals surface area contributed by atoms with Gasteiger partial charge in [0.05, 0.1) is 11.8 Å². The summed E-state index contributed by atoms with van der Waals surface area (Å²) in [5, 5.41) is 3.11. The number of hydrogen-bond acceptors (Lipinski definition) is 2. The average Bonchev–Trinajstić information content (AvgIpc) is 2.54. The lowest BCUT2D eigenvalue weighted by atomic mass is 9.99. The maximum absolute atomic E-state index is 12.1. The molecule has 0 radical (unpaired) electrons. The normalized spacial score (nSPS) is 10.3. The Bertz CT molecular complexity index is 529. The van der Waals surface area contributed by atoms with Gasteiger partial charge in [-0.3, -0.25) is 4.79 Å². The molecular formula is C18H19NOS. The average molecular weight is 297 g/mol. The lowest BCUT2D eigenvalue weighted by Crippen LogP contribution is -2.30. The van der Waals surface area contributed by atoms with E-state index in [0.29, 0.717) is 5.75 Å². The van der Waals surface area contributed by atoms with Crippen molar-refractivity contribution in [2.75, 3.05) is 11.5 Å². The maximum atomic E-state index is 12.1. The molecule has 0 aliphatic heterocycles. The Morgan fingerprint density at radius 2 is 1.57 bits per heavy atom. The molecule has 0 fully saturated rings. The van der Waals surface area contributed by atoms with E-state index in [1.807, 2.05) is 66.7 Å². The van der Waals surface area contributed by atoms with E-state index >= 15 is 0 Å². The Morgan fingerprint density at radius 3 is 2.05 bits per heavy atom. The molecular weight excluding hydrogens is 278 g/mol. The van der Waals surface area contributed by atoms with Crippen molar-refractivity contribution in [3.63, 3.8) is 0 Å². The van der Waals surface area contributed by atoms with Crippen molar-refractivity contribution >= 4 is 17.7 Å². The Hall–Kier alpha value is -2.00. The monoisotopic (exact) mass is 297 g/mol. The van der Waals surface area contributed by atoms with Crippen LogP contribution in [0, 0.1) is 0 Å². The van der Waals surface area contributed by atoms with Crippen molar-refractivity contribution in [2.24, 2.45) is 0 Å². The molecule has 1 N–H and O–H groups in total. The summed E-state index contributed by atoms with van der Waals surface area (Å²) in [4.78, 5) is 12.1. The maximum Gasteiger partial charge on any atom is 0.230 e. The Labute approximate surface area is 130 Å². The van der Waals surface area contributed by atoms with E-state index < -0.39 is 0 Å². The third-order valence-electron chi connectivity index (χ3n) is 3.04. The summed E-state index contributed by atoms with van der Waals surface area (Å²) in [6.45, 7) is 3.66. The standard InChI is InChI=1S/C18H19NOS/c1-2-13-21-14-17(20)19-18(15-9-5-3-6-10-15)16-11-7-4-8-12-16/h2-12,18H,1,13-14H2,(H,19,20). The summed E-state index contributed by atoms with van der Waals surface area (Å²) < 4.78 is 0. The van der Waals surface area contributed by atoms with E-state index in [2.05, 4.69) is 11.9 Å². The third-order valence-corrected chi connectivity index (χ3v) is 3.98. The number of hydrogen-bond donors (Lipinski definition) is 1. The minimum atomic E-state index is -0.107. The molecule has 1 amide bonds. The zero-order valence-corrected chi connectivity index (χ0v) is 12.7. The molecule has 0 heterocycles. The quantitative estimate of drug-likeness (QED) is 0.622. The van der Waals surface area contributed by atoms with Gasteiger partial charge in [0, 0.05) is 5.75 Å². The van der Waals surface area contributed by atoms with Gasteiger partial charge in [-0.1, -0.05) is 66.7 Å². The molecule has 0 saturated carbocycles. The van der Waals surface area contributed by atoms with Crippen LogP contribution in [0.4, 0.5) is 0 Å². The Morgan fingerprint density at radius 1 is 1.05 bits per heavy atom. The van der Waals surface area contributed by atoms with Crippen molar-refractivity contribution in [3.05, 3.63) is 84.4 Å². The molecule has 0 spiro atoms. The number of carbonyl (C=O) groups is 1. The molecule has 108 valence electrons. The zero-order chi connectivity index (χ0) is 14.9. The van der Waals surface area contributed by atoms with Crippen molar-refractivity contribution in [1.29, 1.82) is 0 Å². The van der Waals surface area contributed by atoms with E-state index in [4.69, 9.17) is 0 Å². The highest BCUT2D eigenvalue weighted by molar-refractivity contribution is 8.00. The number of benzene rings is 2. The van der Waals surface area contributed by atoms with Crippen LogP contribution in [0.3, 0.4) is 0 Å². The predicted octanol–water partition coefficient (Wildman–Crippen LogP) is 3.81. The van der Waals surface area contributed by atoms with Gasteiger partial charge < -0.3 is 5.32 Å². The van der Waals surface area contributed by atoms with Gasteiger partial charge in [-0.05, 0) is 11.1 Å². The molecule has 3 heteroatoms. The fourth-order valence-corrected chi connectivity index (χ4v) is 2.64. The summed E-state index contributed by atoms with van der Waals surface area (Å²) in [7, 11) is 0. The summed E-state index contributed by atoms with van der Waals surface area (Å²) in [5.74, 6) is 1.27. The molecule has 0 aromatic heterocycles. The molecule has 0 bridgehead atoms. The van der Waals surface area contributed by atoms with Gasteiger partial charge in [0.25, 0.3) is 0 Å². The van der Waals surface area contributed by atoms with Crippen LogP contribution in [0.1, 0.15) is 17.2 Å². The van der Waals surface area contributed by atoms with Gasteiger partial charge >= 0.3 is 0 Å². The largest absolute Gasteiger partial charge is 0.344 e. The first-order valence-corrected chi connectivity index (χ1v) is 8.04. The second-order valence-electron chi connectivity index (χ2n) is 4.63. The number of thioether (sulfide) groups is 1. The van der Waals surface area contributed by atoms with Gasteiger partial charge in [-0.2, -0.15) is 0 Å². The van der Waals surface area contributed by atoms with Crippen molar-refractivity contribution in [1.82, 2.24) is 5.32 Å². The molecule has 2 nitrogen and oxygen atoms in total. The van der Waals surface area contributed by atoms with Crippen LogP contribution >= 0.6 is 11.8 Å². The molecule has 0 saturated heterocycles. The topological polar surface area (TPSA) is 29.1 Å². The lowest BCUT2D eigenvalue weighted by Gasteiger charge is -2.19. The molecule has 2 aromatic carbocycles. The number of nitrogens with one attached hydrogen (secondary N) is 1. The second kappa shape index (κ2) is 8.32. The van der Waals surface area contributed by atoms with Crippen LogP contribution in [0.2, 0.25) is 0 Å². The highest BCUT2D eigenvalue weighted by Gasteiger charge is 2.16. The van der Waals surface area contributed by atoms with Crippen molar-refractivity contribution < 1.29 is 4.79 Å². The summed E-state index contributed by atoms with van der Waals surface area (Å²) in [6, 6.07) is 20.0. The smallest absolute Gasteiger partial charge is 0.230 e. The fraction of sp³-hybridized carbons (Fsp3) is 0.167. The van der Waals surface area contributed by atoms with E-state index in [-0.39, 0.29) is 11.9 Å². The van der Waals surface area contributed by atoms with E-state index in [1.165, 1.54) is 0 Å². The molecule has 0 atom stereocenters. The SMILES string of the molecule is C=CCSCC(=O)NC(c1ccccc1)c1ccccc1. The highest BCUT2D eigenvalue weighted by atomic mass is 32.2.